The van der Waals surface area contributed by atoms with Crippen molar-refractivity contribution in [3.8, 4) is 11.9 Å². The quantitative estimate of drug-likeness (QED) is 0.455. The summed E-state index contributed by atoms with van der Waals surface area (Å²) in [5, 5.41) is 3.50. The lowest BCUT2D eigenvalue weighted by Crippen LogP contribution is -2.26. The maximum atomic E-state index is 12.0. The zero-order chi connectivity index (χ0) is 14.5. The van der Waals surface area contributed by atoms with Crippen molar-refractivity contribution in [1.29, 1.82) is 0 Å². The number of hydrogen-bond donors (Lipinski definition) is 0. The van der Waals surface area contributed by atoms with E-state index in [0.717, 1.165) is 0 Å². The third-order valence-electron chi connectivity index (χ3n) is 2.95. The minimum absolute atomic E-state index is 0.00893. The standard InChI is InChI=1S/C11H14N6O3/c1-19-9-4-8(14-11(15-9)20-2)17-6-7(3-10(17)18)5-13-16-12/h4,7H,3,5-6H2,1-2H3. The van der Waals surface area contributed by atoms with Crippen molar-refractivity contribution in [1.82, 2.24) is 9.97 Å². The molecule has 9 nitrogen and oxygen atoms in total. The van der Waals surface area contributed by atoms with Gasteiger partial charge in [0.2, 0.25) is 11.8 Å². The number of ether oxygens (including phenoxy) is 2. The third kappa shape index (κ3) is 2.89. The number of aromatic nitrogens is 2. The lowest BCUT2D eigenvalue weighted by molar-refractivity contribution is -0.117. The van der Waals surface area contributed by atoms with Crippen molar-refractivity contribution in [3.05, 3.63) is 16.5 Å². The Balaban J connectivity index is 2.22. The fraction of sp³-hybridized carbons (Fsp3) is 0.545. The summed E-state index contributed by atoms with van der Waals surface area (Å²) >= 11 is 0. The van der Waals surface area contributed by atoms with Gasteiger partial charge in [-0.3, -0.25) is 9.69 Å². The minimum Gasteiger partial charge on any atom is -0.481 e. The summed E-state index contributed by atoms with van der Waals surface area (Å²) in [4.78, 5) is 24.3. The Morgan fingerprint density at radius 2 is 2.30 bits per heavy atom. The molecule has 0 bridgehead atoms. The predicted molar refractivity (Wildman–Crippen MR) is 69.6 cm³/mol. The van der Waals surface area contributed by atoms with Gasteiger partial charge < -0.3 is 9.47 Å². The van der Waals surface area contributed by atoms with Gasteiger partial charge in [0.15, 0.2) is 0 Å². The molecule has 1 saturated heterocycles. The van der Waals surface area contributed by atoms with Crippen LogP contribution in [0.15, 0.2) is 11.2 Å². The van der Waals surface area contributed by atoms with Gasteiger partial charge in [-0.05, 0) is 11.4 Å². The number of nitrogens with zero attached hydrogens (tertiary/aromatic N) is 6. The second-order valence-electron chi connectivity index (χ2n) is 4.24. The summed E-state index contributed by atoms with van der Waals surface area (Å²) in [6.07, 6.45) is 0.327. The van der Waals surface area contributed by atoms with Gasteiger partial charge in [-0.25, -0.2) is 0 Å². The lowest BCUT2D eigenvalue weighted by Gasteiger charge is -2.16. The summed E-state index contributed by atoms with van der Waals surface area (Å²) in [6, 6.07) is 1.70. The van der Waals surface area contributed by atoms with Crippen LogP contribution < -0.4 is 14.4 Å². The summed E-state index contributed by atoms with van der Waals surface area (Å²) in [5.74, 6) is 0.650. The molecule has 1 fully saturated rings. The first kappa shape index (κ1) is 13.9. The number of carbonyl (C=O) groups is 1. The number of hydrogen-bond acceptors (Lipinski definition) is 6. The average Bonchev–Trinajstić information content (AvgIpc) is 2.85. The van der Waals surface area contributed by atoms with E-state index in [4.69, 9.17) is 15.0 Å². The molecule has 0 spiro atoms. The van der Waals surface area contributed by atoms with E-state index < -0.39 is 0 Å². The van der Waals surface area contributed by atoms with Gasteiger partial charge >= 0.3 is 6.01 Å². The molecule has 0 N–H and O–H groups in total. The molecule has 1 aromatic heterocycles. The van der Waals surface area contributed by atoms with Crippen LogP contribution >= 0.6 is 0 Å². The highest BCUT2D eigenvalue weighted by Gasteiger charge is 2.31. The van der Waals surface area contributed by atoms with E-state index in [2.05, 4.69) is 20.0 Å². The van der Waals surface area contributed by atoms with Crippen LogP contribution in [-0.4, -0.2) is 43.2 Å². The van der Waals surface area contributed by atoms with Crippen molar-refractivity contribution in [2.24, 2.45) is 11.0 Å². The second kappa shape index (κ2) is 6.07. The van der Waals surface area contributed by atoms with E-state index in [0.29, 0.717) is 24.7 Å². The van der Waals surface area contributed by atoms with Gasteiger partial charge in [-0.15, -0.1) is 0 Å². The molecule has 1 amide bonds. The molecule has 1 aliphatic rings. The maximum Gasteiger partial charge on any atom is 0.321 e. The molecule has 1 unspecified atom stereocenters. The van der Waals surface area contributed by atoms with Gasteiger partial charge in [0, 0.05) is 30.5 Å². The third-order valence-corrected chi connectivity index (χ3v) is 2.95. The molecule has 0 radical (unpaired) electrons. The molecular formula is C11H14N6O3. The summed E-state index contributed by atoms with van der Waals surface area (Å²) in [6.45, 7) is 0.735. The van der Waals surface area contributed by atoms with Crippen molar-refractivity contribution >= 4 is 11.7 Å². The van der Waals surface area contributed by atoms with Gasteiger partial charge in [-0.1, -0.05) is 5.11 Å². The molecule has 1 atom stereocenters. The van der Waals surface area contributed by atoms with Crippen LogP contribution in [0.4, 0.5) is 5.82 Å². The summed E-state index contributed by atoms with van der Waals surface area (Å²) < 4.78 is 10.0. The molecular weight excluding hydrogens is 264 g/mol. The smallest absolute Gasteiger partial charge is 0.321 e. The topological polar surface area (TPSA) is 113 Å². The van der Waals surface area contributed by atoms with Crippen LogP contribution in [0.2, 0.25) is 0 Å². The number of carbonyl (C=O) groups excluding carboxylic acids is 1. The first-order valence-electron chi connectivity index (χ1n) is 5.96. The van der Waals surface area contributed by atoms with Crippen molar-refractivity contribution in [2.75, 3.05) is 32.2 Å². The van der Waals surface area contributed by atoms with E-state index in [1.165, 1.54) is 19.1 Å². The Labute approximate surface area is 115 Å². The summed E-state index contributed by atoms with van der Waals surface area (Å²) in [7, 11) is 2.91. The van der Waals surface area contributed by atoms with E-state index in [1.807, 2.05) is 0 Å². The Morgan fingerprint density at radius 1 is 1.50 bits per heavy atom. The number of rotatable bonds is 5. The first-order chi connectivity index (χ1) is 9.67. The predicted octanol–water partition coefficient (Wildman–Crippen LogP) is 1.16. The van der Waals surface area contributed by atoms with Crippen LogP contribution in [0.3, 0.4) is 0 Å². The number of anilines is 1. The lowest BCUT2D eigenvalue weighted by atomic mass is 10.1. The molecule has 2 heterocycles. The molecule has 0 aliphatic carbocycles. The normalized spacial score (nSPS) is 17.8. The van der Waals surface area contributed by atoms with Gasteiger partial charge in [0.05, 0.1) is 14.2 Å². The van der Waals surface area contributed by atoms with Crippen LogP contribution in [0.1, 0.15) is 6.42 Å². The molecule has 1 aliphatic heterocycles. The van der Waals surface area contributed by atoms with E-state index in [9.17, 15) is 4.79 Å². The average molecular weight is 278 g/mol. The van der Waals surface area contributed by atoms with Crippen LogP contribution in [-0.2, 0) is 4.79 Å². The summed E-state index contributed by atoms with van der Waals surface area (Å²) in [5.41, 5.74) is 8.32. The first-order valence-corrected chi connectivity index (χ1v) is 5.96. The van der Waals surface area contributed by atoms with Crippen LogP contribution in [0.25, 0.3) is 10.4 Å². The Hall–Kier alpha value is -2.54. The maximum absolute atomic E-state index is 12.0. The molecule has 9 heteroatoms. The van der Waals surface area contributed by atoms with Gasteiger partial charge in [-0.2, -0.15) is 9.97 Å². The minimum atomic E-state index is -0.0778. The number of amides is 1. The van der Waals surface area contributed by atoms with E-state index in [-0.39, 0.29) is 24.4 Å². The fourth-order valence-corrected chi connectivity index (χ4v) is 2.00. The number of azide groups is 1. The highest BCUT2D eigenvalue weighted by atomic mass is 16.5. The zero-order valence-electron chi connectivity index (χ0n) is 11.2. The zero-order valence-corrected chi connectivity index (χ0v) is 11.2. The van der Waals surface area contributed by atoms with Crippen molar-refractivity contribution in [3.63, 3.8) is 0 Å². The van der Waals surface area contributed by atoms with Crippen molar-refractivity contribution in [2.45, 2.75) is 6.42 Å². The highest BCUT2D eigenvalue weighted by Crippen LogP contribution is 2.27. The molecule has 0 saturated carbocycles. The van der Waals surface area contributed by atoms with Crippen LogP contribution in [0, 0.1) is 5.92 Å². The second-order valence-corrected chi connectivity index (χ2v) is 4.24. The molecule has 20 heavy (non-hydrogen) atoms. The highest BCUT2D eigenvalue weighted by molar-refractivity contribution is 5.95. The SMILES string of the molecule is COc1cc(N2CC(CN=[N+]=[N-])CC2=O)nc(OC)n1. The monoisotopic (exact) mass is 278 g/mol. The van der Waals surface area contributed by atoms with E-state index >= 15 is 0 Å². The molecule has 2 rings (SSSR count). The molecule has 106 valence electrons. The fourth-order valence-electron chi connectivity index (χ4n) is 2.00. The Bertz CT molecular complexity index is 535. The van der Waals surface area contributed by atoms with Crippen molar-refractivity contribution < 1.29 is 14.3 Å². The Kier molecular flexibility index (Phi) is 4.21. The van der Waals surface area contributed by atoms with Gasteiger partial charge in [0.25, 0.3) is 0 Å². The molecule has 0 aromatic carbocycles. The Morgan fingerprint density at radius 3 is 2.95 bits per heavy atom. The van der Waals surface area contributed by atoms with Gasteiger partial charge in [0.1, 0.15) is 5.82 Å². The van der Waals surface area contributed by atoms with Crippen LogP contribution in [0.5, 0.6) is 11.9 Å². The number of methoxy groups -OCH3 is 2. The largest absolute Gasteiger partial charge is 0.481 e. The van der Waals surface area contributed by atoms with E-state index in [1.54, 1.807) is 6.07 Å². The molecule has 1 aromatic rings.